The van der Waals surface area contributed by atoms with Crippen molar-refractivity contribution < 1.29 is 5.11 Å². The van der Waals surface area contributed by atoms with Crippen LogP contribution in [0.5, 0.6) is 0 Å². The Morgan fingerprint density at radius 1 is 0.957 bits per heavy atom. The molecule has 0 saturated carbocycles. The van der Waals surface area contributed by atoms with E-state index in [0.29, 0.717) is 6.42 Å². The lowest BCUT2D eigenvalue weighted by atomic mass is 9.78. The van der Waals surface area contributed by atoms with Crippen LogP contribution in [-0.2, 0) is 5.60 Å². The molecule has 0 bridgehead atoms. The first-order valence-electron chi connectivity index (χ1n) is 7.23. The lowest BCUT2D eigenvalue weighted by molar-refractivity contribution is 0.124. The normalized spacial score (nSPS) is 19.0. The topological polar surface area (TPSA) is 20.2 Å². The smallest absolute Gasteiger partial charge is 0.140 e. The molecule has 0 unspecified atom stereocenters. The van der Waals surface area contributed by atoms with E-state index in [0.717, 1.165) is 21.2 Å². The molecule has 0 heterocycles. The molecule has 2 aromatic carbocycles. The molecule has 3 rings (SSSR count). The van der Waals surface area contributed by atoms with E-state index >= 15 is 0 Å². The summed E-state index contributed by atoms with van der Waals surface area (Å²) in [6.45, 7) is 0. The molecule has 0 aromatic heterocycles. The highest BCUT2D eigenvalue weighted by molar-refractivity contribution is 9.10. The van der Waals surface area contributed by atoms with Crippen LogP contribution < -0.4 is 0 Å². The molecular formula is C19H15BrCl2O. The molecule has 0 radical (unpaired) electrons. The van der Waals surface area contributed by atoms with E-state index in [2.05, 4.69) is 15.9 Å². The molecule has 1 nitrogen and oxygen atoms in total. The summed E-state index contributed by atoms with van der Waals surface area (Å²) in [4.78, 5) is 0. The number of aliphatic hydroxyl groups is 1. The highest BCUT2D eigenvalue weighted by Gasteiger charge is 2.37. The summed E-state index contributed by atoms with van der Waals surface area (Å²) in [7, 11) is 0. The third-order valence-electron chi connectivity index (χ3n) is 3.97. The minimum atomic E-state index is -1.25. The monoisotopic (exact) mass is 408 g/mol. The first kappa shape index (κ1) is 16.8. The molecule has 1 aliphatic rings. The fourth-order valence-corrected chi connectivity index (χ4v) is 3.28. The predicted molar refractivity (Wildman–Crippen MR) is 99.9 cm³/mol. The number of allylic oxidation sites excluding steroid dienone is 2. The van der Waals surface area contributed by atoms with Gasteiger partial charge in [0.2, 0.25) is 0 Å². The molecule has 118 valence electrons. The third-order valence-corrected chi connectivity index (χ3v) is 5.06. The summed E-state index contributed by atoms with van der Waals surface area (Å²) in [6.07, 6.45) is 5.87. The summed E-state index contributed by atoms with van der Waals surface area (Å²) in [5.74, 6) is 0. The Balaban J connectivity index is 2.14. The molecule has 0 spiro atoms. The minimum absolute atomic E-state index is 0.452. The average molecular weight is 410 g/mol. The standard InChI is InChI=1S/C19H15BrCl2O/c20-17-8-6-15(7-9-17)19(23,14-4-2-1-3-5-14)16-10-12-18(21,22)13-11-16/h1-12,23H,13H2/t19-/m1/s1. The summed E-state index contributed by atoms with van der Waals surface area (Å²) < 4.78 is 0.0474. The molecule has 0 amide bonds. The van der Waals surface area contributed by atoms with Crippen LogP contribution >= 0.6 is 39.1 Å². The molecule has 4 heteroatoms. The van der Waals surface area contributed by atoms with Gasteiger partial charge in [-0.05, 0) is 34.9 Å². The number of benzene rings is 2. The van der Waals surface area contributed by atoms with Crippen LogP contribution in [0.15, 0.2) is 82.9 Å². The number of rotatable bonds is 3. The highest BCUT2D eigenvalue weighted by atomic mass is 79.9. The summed E-state index contributed by atoms with van der Waals surface area (Å²) in [5, 5.41) is 11.6. The zero-order valence-electron chi connectivity index (χ0n) is 12.2. The van der Waals surface area contributed by atoms with Crippen LogP contribution in [0.4, 0.5) is 0 Å². The zero-order chi connectivity index (χ0) is 16.5. The van der Waals surface area contributed by atoms with Gasteiger partial charge in [0, 0.05) is 10.9 Å². The van der Waals surface area contributed by atoms with Crippen LogP contribution in [0.25, 0.3) is 0 Å². The maximum Gasteiger partial charge on any atom is 0.140 e. The van der Waals surface area contributed by atoms with Crippen molar-refractivity contribution in [3.8, 4) is 0 Å². The second kappa shape index (κ2) is 6.45. The molecule has 0 aliphatic heterocycles. The van der Waals surface area contributed by atoms with Crippen molar-refractivity contribution in [1.82, 2.24) is 0 Å². The van der Waals surface area contributed by atoms with E-state index in [9.17, 15) is 5.11 Å². The van der Waals surface area contributed by atoms with Gasteiger partial charge in [-0.25, -0.2) is 0 Å². The molecule has 0 fully saturated rings. The van der Waals surface area contributed by atoms with E-state index in [1.807, 2.05) is 60.7 Å². The van der Waals surface area contributed by atoms with Gasteiger partial charge in [0.1, 0.15) is 9.93 Å². The van der Waals surface area contributed by atoms with Crippen LogP contribution in [-0.4, -0.2) is 9.44 Å². The molecular weight excluding hydrogens is 395 g/mol. The minimum Gasteiger partial charge on any atom is -0.376 e. The number of hydrogen-bond donors (Lipinski definition) is 1. The van der Waals surface area contributed by atoms with Gasteiger partial charge in [-0.1, -0.05) is 93.7 Å². The van der Waals surface area contributed by atoms with Gasteiger partial charge in [-0.15, -0.1) is 0 Å². The van der Waals surface area contributed by atoms with Crippen LogP contribution in [0.3, 0.4) is 0 Å². The average Bonchev–Trinajstić information content (AvgIpc) is 2.55. The van der Waals surface area contributed by atoms with Crippen LogP contribution in [0.1, 0.15) is 17.5 Å². The van der Waals surface area contributed by atoms with Gasteiger partial charge in [0.25, 0.3) is 0 Å². The number of hydrogen-bond acceptors (Lipinski definition) is 1. The summed E-state index contributed by atoms with van der Waals surface area (Å²) in [5.41, 5.74) is 1.11. The van der Waals surface area contributed by atoms with Crippen molar-refractivity contribution in [3.63, 3.8) is 0 Å². The van der Waals surface area contributed by atoms with Crippen molar-refractivity contribution in [2.75, 3.05) is 0 Å². The van der Waals surface area contributed by atoms with Gasteiger partial charge in [-0.3, -0.25) is 0 Å². The van der Waals surface area contributed by atoms with Gasteiger partial charge in [-0.2, -0.15) is 0 Å². The van der Waals surface area contributed by atoms with E-state index in [1.54, 1.807) is 12.2 Å². The van der Waals surface area contributed by atoms with Crippen molar-refractivity contribution in [2.45, 2.75) is 16.4 Å². The third kappa shape index (κ3) is 3.41. The first-order valence-corrected chi connectivity index (χ1v) is 8.78. The van der Waals surface area contributed by atoms with Gasteiger partial charge in [0.15, 0.2) is 0 Å². The van der Waals surface area contributed by atoms with Gasteiger partial charge in [0.05, 0.1) is 0 Å². The molecule has 1 atom stereocenters. The van der Waals surface area contributed by atoms with E-state index < -0.39 is 9.93 Å². The molecule has 2 aromatic rings. The lowest BCUT2D eigenvalue weighted by Gasteiger charge is -2.33. The Hall–Kier alpha value is -1.06. The highest BCUT2D eigenvalue weighted by Crippen LogP contribution is 2.42. The van der Waals surface area contributed by atoms with E-state index in [-0.39, 0.29) is 0 Å². The van der Waals surface area contributed by atoms with Crippen molar-refractivity contribution in [2.24, 2.45) is 0 Å². The Morgan fingerprint density at radius 2 is 1.57 bits per heavy atom. The fourth-order valence-electron chi connectivity index (χ4n) is 2.73. The van der Waals surface area contributed by atoms with E-state index in [1.165, 1.54) is 0 Å². The lowest BCUT2D eigenvalue weighted by Crippen LogP contribution is -2.31. The Morgan fingerprint density at radius 3 is 2.13 bits per heavy atom. The predicted octanol–water partition coefficient (Wildman–Crippen LogP) is 5.75. The maximum atomic E-state index is 11.6. The van der Waals surface area contributed by atoms with E-state index in [4.69, 9.17) is 23.2 Å². The second-order valence-electron chi connectivity index (χ2n) is 5.54. The largest absolute Gasteiger partial charge is 0.376 e. The first-order chi connectivity index (χ1) is 10.9. The van der Waals surface area contributed by atoms with Crippen molar-refractivity contribution >= 4 is 39.1 Å². The van der Waals surface area contributed by atoms with Crippen molar-refractivity contribution in [3.05, 3.63) is 94.0 Å². The molecule has 23 heavy (non-hydrogen) atoms. The van der Waals surface area contributed by atoms with Gasteiger partial charge < -0.3 is 5.11 Å². The molecule has 1 N–H and O–H groups in total. The number of halogens is 3. The maximum absolute atomic E-state index is 11.6. The number of alkyl halides is 2. The zero-order valence-corrected chi connectivity index (χ0v) is 15.3. The van der Waals surface area contributed by atoms with Gasteiger partial charge >= 0.3 is 0 Å². The van der Waals surface area contributed by atoms with Crippen LogP contribution in [0, 0.1) is 0 Å². The fraction of sp³-hybridized carbons (Fsp3) is 0.158. The van der Waals surface area contributed by atoms with Crippen molar-refractivity contribution in [1.29, 1.82) is 0 Å². The Labute approximate surface area is 154 Å². The Kier molecular flexibility index (Phi) is 4.70. The molecule has 0 saturated heterocycles. The molecule has 1 aliphatic carbocycles. The summed E-state index contributed by atoms with van der Waals surface area (Å²) >= 11 is 15.7. The quantitative estimate of drug-likeness (QED) is 0.640. The SMILES string of the molecule is O[C@](C1=CCC(Cl)(Cl)C=C1)(c1ccccc1)c1ccc(Br)cc1. The summed E-state index contributed by atoms with van der Waals surface area (Å²) in [6, 6.07) is 17.3. The second-order valence-corrected chi connectivity index (χ2v) is 8.00. The van der Waals surface area contributed by atoms with Crippen LogP contribution in [0.2, 0.25) is 0 Å². The Bertz CT molecular complexity index is 751.